The van der Waals surface area contributed by atoms with Crippen molar-refractivity contribution < 1.29 is 4.79 Å². The standard InChI is InChI=1S/C19H25N5O/c1-14-11-17(23-15(2)22-14)19(25)21-13-18(16-7-6-8-20-12-16)24-9-4-3-5-10-24/h6-8,11-12,18H,3-5,9-10,13H2,1-2H3,(H,21,25). The molecular weight excluding hydrogens is 314 g/mol. The molecule has 25 heavy (non-hydrogen) atoms. The van der Waals surface area contributed by atoms with Gasteiger partial charge in [0.1, 0.15) is 11.5 Å². The number of rotatable bonds is 5. The van der Waals surface area contributed by atoms with E-state index in [-0.39, 0.29) is 11.9 Å². The highest BCUT2D eigenvalue weighted by atomic mass is 16.1. The first-order valence-electron chi connectivity index (χ1n) is 8.88. The minimum absolute atomic E-state index is 0.141. The Morgan fingerprint density at radius 2 is 2.04 bits per heavy atom. The number of hydrogen-bond donors (Lipinski definition) is 1. The third-order valence-corrected chi connectivity index (χ3v) is 4.56. The van der Waals surface area contributed by atoms with Gasteiger partial charge in [-0.2, -0.15) is 0 Å². The lowest BCUT2D eigenvalue weighted by atomic mass is 10.0. The van der Waals surface area contributed by atoms with Gasteiger partial charge in [-0.3, -0.25) is 14.7 Å². The minimum atomic E-state index is -0.153. The summed E-state index contributed by atoms with van der Waals surface area (Å²) in [5, 5.41) is 3.05. The summed E-state index contributed by atoms with van der Waals surface area (Å²) in [6.07, 6.45) is 7.36. The van der Waals surface area contributed by atoms with Crippen molar-refractivity contribution in [3.8, 4) is 0 Å². The maximum Gasteiger partial charge on any atom is 0.270 e. The maximum atomic E-state index is 12.5. The van der Waals surface area contributed by atoms with Gasteiger partial charge in [0.25, 0.3) is 5.91 Å². The summed E-state index contributed by atoms with van der Waals surface area (Å²) >= 11 is 0. The molecule has 1 atom stereocenters. The van der Waals surface area contributed by atoms with Gasteiger partial charge in [-0.05, 0) is 57.5 Å². The van der Waals surface area contributed by atoms with E-state index in [0.29, 0.717) is 18.1 Å². The van der Waals surface area contributed by atoms with E-state index in [0.717, 1.165) is 24.3 Å². The molecule has 0 aliphatic carbocycles. The number of hydrogen-bond acceptors (Lipinski definition) is 5. The van der Waals surface area contributed by atoms with E-state index in [1.54, 1.807) is 19.2 Å². The number of nitrogens with one attached hydrogen (secondary N) is 1. The molecule has 2 aromatic heterocycles. The quantitative estimate of drug-likeness (QED) is 0.906. The lowest BCUT2D eigenvalue weighted by molar-refractivity contribution is 0.0919. The van der Waals surface area contributed by atoms with Crippen LogP contribution in [0.2, 0.25) is 0 Å². The molecule has 0 saturated carbocycles. The first-order chi connectivity index (χ1) is 12.1. The second-order valence-corrected chi connectivity index (χ2v) is 6.55. The highest BCUT2D eigenvalue weighted by Gasteiger charge is 2.23. The van der Waals surface area contributed by atoms with Crippen LogP contribution in [-0.2, 0) is 0 Å². The number of amides is 1. The number of nitrogens with zero attached hydrogens (tertiary/aromatic N) is 4. The van der Waals surface area contributed by atoms with Crippen LogP contribution < -0.4 is 5.32 Å². The second kappa shape index (κ2) is 8.16. The molecule has 6 heteroatoms. The Morgan fingerprint density at radius 3 is 2.72 bits per heavy atom. The summed E-state index contributed by atoms with van der Waals surface area (Å²) in [5.74, 6) is 0.462. The summed E-state index contributed by atoms with van der Waals surface area (Å²) in [4.78, 5) is 27.7. The van der Waals surface area contributed by atoms with Crippen LogP contribution in [0.15, 0.2) is 30.6 Å². The van der Waals surface area contributed by atoms with Gasteiger partial charge in [0.05, 0.1) is 6.04 Å². The van der Waals surface area contributed by atoms with Gasteiger partial charge in [-0.25, -0.2) is 9.97 Å². The number of aromatic nitrogens is 3. The van der Waals surface area contributed by atoms with Crippen LogP contribution in [0.3, 0.4) is 0 Å². The Labute approximate surface area is 148 Å². The largest absolute Gasteiger partial charge is 0.349 e. The molecule has 6 nitrogen and oxygen atoms in total. The molecule has 1 aliphatic heterocycles. The molecule has 3 heterocycles. The van der Waals surface area contributed by atoms with Gasteiger partial charge < -0.3 is 5.32 Å². The third-order valence-electron chi connectivity index (χ3n) is 4.56. The normalized spacial score (nSPS) is 16.4. The van der Waals surface area contributed by atoms with Crippen LogP contribution in [0.5, 0.6) is 0 Å². The zero-order valence-electron chi connectivity index (χ0n) is 14.9. The van der Waals surface area contributed by atoms with Crippen molar-refractivity contribution >= 4 is 5.91 Å². The molecule has 0 aromatic carbocycles. The van der Waals surface area contributed by atoms with Crippen molar-refractivity contribution in [2.75, 3.05) is 19.6 Å². The van der Waals surface area contributed by atoms with Gasteiger partial charge in [0.2, 0.25) is 0 Å². The van der Waals surface area contributed by atoms with Gasteiger partial charge in [-0.1, -0.05) is 12.5 Å². The highest BCUT2D eigenvalue weighted by molar-refractivity contribution is 5.92. The molecule has 1 aliphatic rings. The van der Waals surface area contributed by atoms with Crippen LogP contribution in [0.1, 0.15) is 52.9 Å². The predicted octanol–water partition coefficient (Wildman–Crippen LogP) is 2.45. The molecule has 0 radical (unpaired) electrons. The van der Waals surface area contributed by atoms with Crippen LogP contribution in [0, 0.1) is 13.8 Å². The fraction of sp³-hybridized carbons (Fsp3) is 0.474. The summed E-state index contributed by atoms with van der Waals surface area (Å²) in [6, 6.07) is 5.90. The first-order valence-corrected chi connectivity index (χ1v) is 8.88. The number of carbonyl (C=O) groups is 1. The van der Waals surface area contributed by atoms with Crippen molar-refractivity contribution in [2.24, 2.45) is 0 Å². The fourth-order valence-corrected chi connectivity index (χ4v) is 3.37. The van der Waals surface area contributed by atoms with Gasteiger partial charge in [-0.15, -0.1) is 0 Å². The van der Waals surface area contributed by atoms with Crippen LogP contribution in [-0.4, -0.2) is 45.4 Å². The van der Waals surface area contributed by atoms with Crippen molar-refractivity contribution in [1.82, 2.24) is 25.2 Å². The van der Waals surface area contributed by atoms with E-state index in [1.807, 2.05) is 19.2 Å². The van der Waals surface area contributed by atoms with E-state index < -0.39 is 0 Å². The van der Waals surface area contributed by atoms with E-state index >= 15 is 0 Å². The SMILES string of the molecule is Cc1cc(C(=O)NCC(c2cccnc2)N2CCCCC2)nc(C)n1. The minimum Gasteiger partial charge on any atom is -0.349 e. The molecular formula is C19H25N5O. The number of pyridine rings is 1. The molecule has 0 spiro atoms. The monoisotopic (exact) mass is 339 g/mol. The number of carbonyl (C=O) groups excluding carboxylic acids is 1. The smallest absolute Gasteiger partial charge is 0.270 e. The van der Waals surface area contributed by atoms with E-state index in [9.17, 15) is 4.79 Å². The molecule has 132 valence electrons. The molecule has 1 fully saturated rings. The second-order valence-electron chi connectivity index (χ2n) is 6.55. The Morgan fingerprint density at radius 1 is 1.24 bits per heavy atom. The number of piperidine rings is 1. The molecule has 2 aromatic rings. The number of likely N-dealkylation sites (tertiary alicyclic amines) is 1. The topological polar surface area (TPSA) is 71.0 Å². The summed E-state index contributed by atoms with van der Waals surface area (Å²) in [7, 11) is 0. The summed E-state index contributed by atoms with van der Waals surface area (Å²) in [6.45, 7) is 6.34. The molecule has 1 saturated heterocycles. The molecule has 1 unspecified atom stereocenters. The van der Waals surface area contributed by atoms with E-state index in [4.69, 9.17) is 0 Å². The lowest BCUT2D eigenvalue weighted by Crippen LogP contribution is -2.40. The van der Waals surface area contributed by atoms with Crippen molar-refractivity contribution in [3.63, 3.8) is 0 Å². The zero-order chi connectivity index (χ0) is 17.6. The summed E-state index contributed by atoms with van der Waals surface area (Å²) in [5.41, 5.74) is 2.37. The Hall–Kier alpha value is -2.34. The van der Waals surface area contributed by atoms with Gasteiger partial charge in [0.15, 0.2) is 0 Å². The van der Waals surface area contributed by atoms with Crippen LogP contribution in [0.25, 0.3) is 0 Å². The van der Waals surface area contributed by atoms with E-state index in [2.05, 4.69) is 31.2 Å². The summed E-state index contributed by atoms with van der Waals surface area (Å²) < 4.78 is 0. The van der Waals surface area contributed by atoms with Gasteiger partial charge in [0, 0.05) is 24.6 Å². The van der Waals surface area contributed by atoms with Crippen molar-refractivity contribution in [1.29, 1.82) is 0 Å². The zero-order valence-corrected chi connectivity index (χ0v) is 14.9. The molecule has 1 N–H and O–H groups in total. The Kier molecular flexibility index (Phi) is 5.71. The van der Waals surface area contributed by atoms with Crippen LogP contribution in [0.4, 0.5) is 0 Å². The highest BCUT2D eigenvalue weighted by Crippen LogP contribution is 2.23. The Bertz CT molecular complexity index is 693. The molecule has 1 amide bonds. The predicted molar refractivity (Wildman–Crippen MR) is 96.2 cm³/mol. The third kappa shape index (κ3) is 4.60. The fourth-order valence-electron chi connectivity index (χ4n) is 3.37. The maximum absolute atomic E-state index is 12.5. The van der Waals surface area contributed by atoms with Crippen molar-refractivity contribution in [3.05, 3.63) is 53.4 Å². The average molecular weight is 339 g/mol. The van der Waals surface area contributed by atoms with Crippen molar-refractivity contribution in [2.45, 2.75) is 39.2 Å². The van der Waals surface area contributed by atoms with Gasteiger partial charge >= 0.3 is 0 Å². The lowest BCUT2D eigenvalue weighted by Gasteiger charge is -2.34. The average Bonchev–Trinajstić information content (AvgIpc) is 2.63. The Balaban J connectivity index is 1.72. The molecule has 0 bridgehead atoms. The first kappa shape index (κ1) is 17.5. The van der Waals surface area contributed by atoms with E-state index in [1.165, 1.54) is 19.3 Å². The van der Waals surface area contributed by atoms with Crippen LogP contribution >= 0.6 is 0 Å². The molecule has 3 rings (SSSR count). The number of aryl methyl sites for hydroxylation is 2.